The number of halogens is 8. The van der Waals surface area contributed by atoms with E-state index in [4.69, 9.17) is 0 Å². The summed E-state index contributed by atoms with van der Waals surface area (Å²) in [5.41, 5.74) is 0.774. The number of benzene rings is 2. The molecule has 0 atom stereocenters. The first-order valence-corrected chi connectivity index (χ1v) is 7.35. The minimum atomic E-state index is -5.94. The van der Waals surface area contributed by atoms with Crippen LogP contribution in [0.5, 0.6) is 11.5 Å². The molecule has 3 nitrogen and oxygen atoms in total. The Morgan fingerprint density at radius 1 is 0.786 bits per heavy atom. The highest BCUT2D eigenvalue weighted by Crippen LogP contribution is 2.39. The molecule has 0 unspecified atom stereocenters. The molecule has 0 bridgehead atoms. The summed E-state index contributed by atoms with van der Waals surface area (Å²) in [6.45, 7) is -2.24. The van der Waals surface area contributed by atoms with Crippen LogP contribution in [0.25, 0.3) is 11.1 Å². The number of hydrogen-bond donors (Lipinski definition) is 0. The van der Waals surface area contributed by atoms with E-state index in [0.717, 1.165) is 18.2 Å². The largest absolute Gasteiger partial charge is 0.573 e. The fraction of sp³-hybridized carbons (Fsp3) is 0.235. The second-order valence-electron chi connectivity index (χ2n) is 5.44. The number of alkyl halides is 8. The Morgan fingerprint density at radius 2 is 1.36 bits per heavy atom. The number of carbonyl (C=O) groups excluding carboxylic acids is 1. The summed E-state index contributed by atoms with van der Waals surface area (Å²) in [5.74, 6) is -7.33. The smallest absolute Gasteiger partial charge is 0.483 e. The zero-order valence-corrected chi connectivity index (χ0v) is 13.6. The summed E-state index contributed by atoms with van der Waals surface area (Å²) in [4.78, 5) is 10.6. The van der Waals surface area contributed by atoms with Gasteiger partial charge in [0.25, 0.3) is 0 Å². The van der Waals surface area contributed by atoms with Crippen molar-refractivity contribution in [2.75, 3.05) is 6.61 Å². The molecule has 2 aromatic carbocycles. The zero-order chi connectivity index (χ0) is 21.2. The summed E-state index contributed by atoms with van der Waals surface area (Å²) in [7, 11) is 0. The molecule has 11 heteroatoms. The van der Waals surface area contributed by atoms with Gasteiger partial charge in [0, 0.05) is 5.56 Å². The maximum absolute atomic E-state index is 13.0. The molecule has 0 aliphatic heterocycles. The maximum atomic E-state index is 13.0. The van der Waals surface area contributed by atoms with E-state index in [-0.39, 0.29) is 5.56 Å². The SMILES string of the molecule is O=Cc1ccc(-c2ccc(OC(F)(F)F)c(OCC(F)(F)C(F)(F)F)c2)cc1. The second-order valence-corrected chi connectivity index (χ2v) is 5.44. The molecule has 0 amide bonds. The minimum absolute atomic E-state index is 0.136. The van der Waals surface area contributed by atoms with Gasteiger partial charge in [-0.1, -0.05) is 30.3 Å². The lowest BCUT2D eigenvalue weighted by Crippen LogP contribution is -2.41. The predicted molar refractivity (Wildman–Crippen MR) is 80.4 cm³/mol. The molecule has 0 N–H and O–H groups in total. The van der Waals surface area contributed by atoms with Crippen LogP contribution in [0, 0.1) is 0 Å². The molecule has 0 spiro atoms. The highest BCUT2D eigenvalue weighted by atomic mass is 19.4. The van der Waals surface area contributed by atoms with Crippen molar-refractivity contribution in [3.05, 3.63) is 48.0 Å². The van der Waals surface area contributed by atoms with E-state index >= 15 is 0 Å². The summed E-state index contributed by atoms with van der Waals surface area (Å²) >= 11 is 0. The fourth-order valence-corrected chi connectivity index (χ4v) is 2.01. The number of hydrogen-bond acceptors (Lipinski definition) is 3. The fourth-order valence-electron chi connectivity index (χ4n) is 2.01. The molecular weight excluding hydrogens is 404 g/mol. The number of aldehydes is 1. The van der Waals surface area contributed by atoms with Crippen molar-refractivity contribution in [2.24, 2.45) is 0 Å². The molecule has 152 valence electrons. The average Bonchev–Trinajstić information content (AvgIpc) is 2.59. The van der Waals surface area contributed by atoms with Crippen LogP contribution in [0.1, 0.15) is 10.4 Å². The van der Waals surface area contributed by atoms with Crippen LogP contribution in [0.3, 0.4) is 0 Å². The van der Waals surface area contributed by atoms with Crippen molar-refractivity contribution < 1.29 is 49.4 Å². The molecular formula is C17H10F8O3. The van der Waals surface area contributed by atoms with Crippen molar-refractivity contribution in [3.8, 4) is 22.6 Å². The molecule has 0 radical (unpaired) electrons. The van der Waals surface area contributed by atoms with Gasteiger partial charge in [-0.05, 0) is 23.3 Å². The highest BCUT2D eigenvalue weighted by Gasteiger charge is 2.58. The van der Waals surface area contributed by atoms with Crippen LogP contribution in [-0.2, 0) is 0 Å². The van der Waals surface area contributed by atoms with Gasteiger partial charge in [0.2, 0.25) is 0 Å². The van der Waals surface area contributed by atoms with Gasteiger partial charge in [-0.25, -0.2) is 0 Å². The van der Waals surface area contributed by atoms with Gasteiger partial charge in [0.15, 0.2) is 18.1 Å². The molecule has 0 aromatic heterocycles. The number of ether oxygens (including phenoxy) is 2. The Balaban J connectivity index is 2.38. The first kappa shape index (κ1) is 21.5. The Hall–Kier alpha value is -2.85. The average molecular weight is 414 g/mol. The van der Waals surface area contributed by atoms with Gasteiger partial charge < -0.3 is 9.47 Å². The lowest BCUT2D eigenvalue weighted by Gasteiger charge is -2.21. The minimum Gasteiger partial charge on any atom is -0.483 e. The molecule has 0 aliphatic rings. The van der Waals surface area contributed by atoms with E-state index in [0.29, 0.717) is 17.4 Å². The highest BCUT2D eigenvalue weighted by molar-refractivity contribution is 5.77. The molecule has 0 fully saturated rings. The first-order valence-electron chi connectivity index (χ1n) is 7.35. The van der Waals surface area contributed by atoms with Gasteiger partial charge in [-0.2, -0.15) is 22.0 Å². The Bertz CT molecular complexity index is 826. The predicted octanol–water partition coefficient (Wildman–Crippen LogP) is 5.64. The molecule has 2 aromatic rings. The van der Waals surface area contributed by atoms with Crippen molar-refractivity contribution in [1.82, 2.24) is 0 Å². The summed E-state index contributed by atoms with van der Waals surface area (Å²) in [6, 6.07) is 8.21. The molecule has 2 rings (SSSR count). The van der Waals surface area contributed by atoms with E-state index < -0.39 is 36.6 Å². The van der Waals surface area contributed by atoms with Crippen LogP contribution in [-0.4, -0.2) is 31.4 Å². The van der Waals surface area contributed by atoms with Crippen molar-refractivity contribution >= 4 is 6.29 Å². The maximum Gasteiger partial charge on any atom is 0.573 e. The van der Waals surface area contributed by atoms with Crippen molar-refractivity contribution in [3.63, 3.8) is 0 Å². The quantitative estimate of drug-likeness (QED) is 0.453. The summed E-state index contributed by atoms with van der Waals surface area (Å²) in [5, 5.41) is 0. The lowest BCUT2D eigenvalue weighted by atomic mass is 10.0. The van der Waals surface area contributed by atoms with Gasteiger partial charge in [-0.15, -0.1) is 13.2 Å². The third kappa shape index (κ3) is 5.33. The van der Waals surface area contributed by atoms with Crippen LogP contribution >= 0.6 is 0 Å². The van der Waals surface area contributed by atoms with Gasteiger partial charge in [-0.3, -0.25) is 4.79 Å². The van der Waals surface area contributed by atoms with E-state index in [1.807, 2.05) is 0 Å². The van der Waals surface area contributed by atoms with E-state index in [1.165, 1.54) is 24.3 Å². The summed E-state index contributed by atoms with van der Waals surface area (Å²) in [6.07, 6.45) is -10.6. The zero-order valence-electron chi connectivity index (χ0n) is 13.6. The van der Waals surface area contributed by atoms with E-state index in [2.05, 4.69) is 9.47 Å². The molecule has 0 saturated heterocycles. The Labute approximate surface area is 152 Å². The standard InChI is InChI=1S/C17H10F8O3/c18-15(19,16(20,21)22)9-27-14-7-12(5-6-13(14)28-17(23,24)25)11-3-1-10(8-26)2-4-11/h1-8H,9H2. The third-order valence-corrected chi connectivity index (χ3v) is 3.37. The van der Waals surface area contributed by atoms with E-state index in [9.17, 15) is 39.9 Å². The second kappa shape index (κ2) is 7.64. The van der Waals surface area contributed by atoms with Crippen LogP contribution in [0.15, 0.2) is 42.5 Å². The van der Waals surface area contributed by atoms with Gasteiger partial charge in [0.1, 0.15) is 6.29 Å². The van der Waals surface area contributed by atoms with Crippen LogP contribution < -0.4 is 9.47 Å². The normalized spacial score (nSPS) is 12.6. The van der Waals surface area contributed by atoms with Gasteiger partial charge >= 0.3 is 18.5 Å². The Kier molecular flexibility index (Phi) is 5.86. The first-order chi connectivity index (χ1) is 12.8. The van der Waals surface area contributed by atoms with E-state index in [1.54, 1.807) is 0 Å². The van der Waals surface area contributed by atoms with Crippen molar-refractivity contribution in [1.29, 1.82) is 0 Å². The third-order valence-electron chi connectivity index (χ3n) is 3.37. The molecule has 28 heavy (non-hydrogen) atoms. The summed E-state index contributed by atoms with van der Waals surface area (Å²) < 4.78 is 108. The van der Waals surface area contributed by atoms with Crippen molar-refractivity contribution in [2.45, 2.75) is 18.5 Å². The lowest BCUT2D eigenvalue weighted by molar-refractivity contribution is -0.291. The molecule has 0 aliphatic carbocycles. The monoisotopic (exact) mass is 414 g/mol. The van der Waals surface area contributed by atoms with Gasteiger partial charge in [0.05, 0.1) is 0 Å². The molecule has 0 heterocycles. The Morgan fingerprint density at radius 3 is 1.86 bits per heavy atom. The number of carbonyl (C=O) groups is 1. The van der Waals surface area contributed by atoms with Crippen LogP contribution in [0.4, 0.5) is 35.1 Å². The number of rotatable bonds is 6. The topological polar surface area (TPSA) is 35.5 Å². The van der Waals surface area contributed by atoms with Crippen LogP contribution in [0.2, 0.25) is 0 Å². The molecule has 0 saturated carbocycles.